The first kappa shape index (κ1) is 16.3. The molecule has 19 heavy (non-hydrogen) atoms. The van der Waals surface area contributed by atoms with Crippen LogP contribution < -0.4 is 4.90 Å². The lowest BCUT2D eigenvalue weighted by Crippen LogP contribution is -2.25. The molecule has 0 spiro atoms. The fourth-order valence-corrected chi connectivity index (χ4v) is 2.40. The number of anilines is 1. The van der Waals surface area contributed by atoms with Crippen LogP contribution >= 0.6 is 11.6 Å². The summed E-state index contributed by atoms with van der Waals surface area (Å²) in [6.45, 7) is 8.26. The van der Waals surface area contributed by atoms with Crippen LogP contribution in [0.25, 0.3) is 0 Å². The lowest BCUT2D eigenvalue weighted by molar-refractivity contribution is 0.199. The largest absolute Gasteiger partial charge is 0.389 e. The molecule has 108 valence electrons. The fourth-order valence-electron chi connectivity index (χ4n) is 2.09. The highest BCUT2D eigenvalue weighted by Crippen LogP contribution is 2.29. The van der Waals surface area contributed by atoms with Crippen molar-refractivity contribution < 1.29 is 5.11 Å². The van der Waals surface area contributed by atoms with Gasteiger partial charge in [-0.15, -0.1) is 0 Å². The summed E-state index contributed by atoms with van der Waals surface area (Å²) in [5.74, 6) is 0. The van der Waals surface area contributed by atoms with Crippen LogP contribution in [0.3, 0.4) is 0 Å². The van der Waals surface area contributed by atoms with E-state index in [1.54, 1.807) is 6.92 Å². The van der Waals surface area contributed by atoms with Crippen molar-refractivity contribution >= 4 is 17.3 Å². The number of unbranched alkanes of at least 4 members (excludes halogenated alkanes) is 2. The number of halogens is 1. The number of nitrogens with zero attached hydrogens (tertiary/aromatic N) is 1. The molecule has 0 amide bonds. The molecular weight excluding hydrogens is 258 g/mol. The predicted molar refractivity (Wildman–Crippen MR) is 84.1 cm³/mol. The summed E-state index contributed by atoms with van der Waals surface area (Å²) in [5.41, 5.74) is 1.97. The van der Waals surface area contributed by atoms with Crippen LogP contribution in [0, 0.1) is 0 Å². The Kier molecular flexibility index (Phi) is 7.25. The van der Waals surface area contributed by atoms with Crippen molar-refractivity contribution in [1.29, 1.82) is 0 Å². The third-order valence-electron chi connectivity index (χ3n) is 3.36. The number of rotatable bonds is 8. The number of aliphatic hydroxyl groups is 1. The summed E-state index contributed by atoms with van der Waals surface area (Å²) >= 11 is 6.37. The lowest BCUT2D eigenvalue weighted by atomic mass is 10.1. The van der Waals surface area contributed by atoms with Gasteiger partial charge in [0, 0.05) is 13.1 Å². The van der Waals surface area contributed by atoms with Crippen LogP contribution in [0.4, 0.5) is 5.69 Å². The van der Waals surface area contributed by atoms with Crippen molar-refractivity contribution in [2.24, 2.45) is 0 Å². The highest BCUT2D eigenvalue weighted by Gasteiger charge is 2.11. The van der Waals surface area contributed by atoms with Crippen LogP contribution in [-0.4, -0.2) is 18.2 Å². The Morgan fingerprint density at radius 3 is 2.16 bits per heavy atom. The van der Waals surface area contributed by atoms with E-state index in [4.69, 9.17) is 11.6 Å². The summed E-state index contributed by atoms with van der Waals surface area (Å²) < 4.78 is 0. The topological polar surface area (TPSA) is 23.5 Å². The molecule has 0 unspecified atom stereocenters. The lowest BCUT2D eigenvalue weighted by Gasteiger charge is -2.26. The van der Waals surface area contributed by atoms with Crippen LogP contribution in [0.5, 0.6) is 0 Å². The second-order valence-corrected chi connectivity index (χ2v) is 5.49. The number of benzene rings is 1. The molecule has 1 aromatic rings. The first-order chi connectivity index (χ1) is 9.10. The van der Waals surface area contributed by atoms with Crippen molar-refractivity contribution in [3.05, 3.63) is 28.8 Å². The normalized spacial score (nSPS) is 12.5. The molecule has 0 saturated carbocycles. The molecule has 1 aromatic carbocycles. The van der Waals surface area contributed by atoms with E-state index in [0.717, 1.165) is 29.4 Å². The zero-order valence-electron chi connectivity index (χ0n) is 12.3. The average Bonchev–Trinajstić information content (AvgIpc) is 2.39. The Morgan fingerprint density at radius 2 is 1.74 bits per heavy atom. The van der Waals surface area contributed by atoms with Gasteiger partial charge < -0.3 is 10.0 Å². The maximum atomic E-state index is 9.59. The van der Waals surface area contributed by atoms with Gasteiger partial charge in [-0.05, 0) is 37.5 Å². The molecule has 0 radical (unpaired) electrons. The molecule has 2 nitrogen and oxygen atoms in total. The van der Waals surface area contributed by atoms with E-state index in [-0.39, 0.29) is 0 Å². The SMILES string of the molecule is CCCCN(CCCC)c1ccc([C@@H](C)O)cc1Cl. The van der Waals surface area contributed by atoms with E-state index in [1.165, 1.54) is 25.7 Å². The molecule has 0 heterocycles. The first-order valence-corrected chi connectivity index (χ1v) is 7.70. The molecule has 0 saturated heterocycles. The number of hydrogen-bond donors (Lipinski definition) is 1. The van der Waals surface area contributed by atoms with E-state index < -0.39 is 6.10 Å². The van der Waals surface area contributed by atoms with Gasteiger partial charge in [-0.2, -0.15) is 0 Å². The minimum atomic E-state index is -0.466. The molecule has 0 aliphatic carbocycles. The van der Waals surface area contributed by atoms with Crippen LogP contribution in [0.2, 0.25) is 5.02 Å². The second kappa shape index (κ2) is 8.44. The monoisotopic (exact) mass is 283 g/mol. The summed E-state index contributed by atoms with van der Waals surface area (Å²) in [6.07, 6.45) is 4.26. The van der Waals surface area contributed by atoms with Crippen molar-refractivity contribution in [3.8, 4) is 0 Å². The van der Waals surface area contributed by atoms with Crippen molar-refractivity contribution in [3.63, 3.8) is 0 Å². The van der Waals surface area contributed by atoms with Gasteiger partial charge >= 0.3 is 0 Å². The summed E-state index contributed by atoms with van der Waals surface area (Å²) in [4.78, 5) is 2.36. The molecule has 0 aromatic heterocycles. The Hall–Kier alpha value is -0.730. The zero-order chi connectivity index (χ0) is 14.3. The molecule has 0 aliphatic rings. The van der Waals surface area contributed by atoms with Crippen LogP contribution in [0.1, 0.15) is 58.1 Å². The van der Waals surface area contributed by atoms with Gasteiger partial charge in [0.2, 0.25) is 0 Å². The van der Waals surface area contributed by atoms with Gasteiger partial charge in [-0.3, -0.25) is 0 Å². The van der Waals surface area contributed by atoms with Gasteiger partial charge in [-0.1, -0.05) is 44.4 Å². The smallest absolute Gasteiger partial charge is 0.0762 e. The van der Waals surface area contributed by atoms with E-state index in [2.05, 4.69) is 18.7 Å². The average molecular weight is 284 g/mol. The van der Waals surface area contributed by atoms with E-state index in [9.17, 15) is 5.11 Å². The number of aliphatic hydroxyl groups excluding tert-OH is 1. The third-order valence-corrected chi connectivity index (χ3v) is 3.66. The molecule has 0 bridgehead atoms. The Bertz CT molecular complexity index is 371. The molecule has 0 aliphatic heterocycles. The Balaban J connectivity index is 2.87. The van der Waals surface area contributed by atoms with Gasteiger partial charge in [-0.25, -0.2) is 0 Å². The van der Waals surface area contributed by atoms with Gasteiger partial charge in [0.1, 0.15) is 0 Å². The maximum absolute atomic E-state index is 9.59. The third kappa shape index (κ3) is 5.04. The van der Waals surface area contributed by atoms with Crippen LogP contribution in [-0.2, 0) is 0 Å². The molecule has 0 fully saturated rings. The van der Waals surface area contributed by atoms with E-state index in [1.807, 2.05) is 18.2 Å². The summed E-state index contributed by atoms with van der Waals surface area (Å²) in [7, 11) is 0. The number of hydrogen-bond acceptors (Lipinski definition) is 2. The van der Waals surface area contributed by atoms with Gasteiger partial charge in [0.05, 0.1) is 16.8 Å². The fraction of sp³-hybridized carbons (Fsp3) is 0.625. The molecular formula is C16H26ClNO. The molecule has 3 heteroatoms. The van der Waals surface area contributed by atoms with Gasteiger partial charge in [0.25, 0.3) is 0 Å². The van der Waals surface area contributed by atoms with Crippen LogP contribution in [0.15, 0.2) is 18.2 Å². The Labute approximate surface area is 122 Å². The second-order valence-electron chi connectivity index (χ2n) is 5.08. The Morgan fingerprint density at radius 1 is 1.16 bits per heavy atom. The predicted octanol–water partition coefficient (Wildman–Crippen LogP) is 4.80. The summed E-state index contributed by atoms with van der Waals surface area (Å²) in [5, 5.41) is 10.3. The molecule has 1 N–H and O–H groups in total. The molecule has 1 atom stereocenters. The van der Waals surface area contributed by atoms with E-state index >= 15 is 0 Å². The van der Waals surface area contributed by atoms with Crippen molar-refractivity contribution in [2.45, 2.75) is 52.6 Å². The summed E-state index contributed by atoms with van der Waals surface area (Å²) in [6, 6.07) is 5.89. The zero-order valence-corrected chi connectivity index (χ0v) is 13.1. The minimum Gasteiger partial charge on any atom is -0.389 e. The van der Waals surface area contributed by atoms with Crippen molar-refractivity contribution in [1.82, 2.24) is 0 Å². The van der Waals surface area contributed by atoms with Crippen molar-refractivity contribution in [2.75, 3.05) is 18.0 Å². The minimum absolute atomic E-state index is 0.466. The van der Waals surface area contributed by atoms with Gasteiger partial charge in [0.15, 0.2) is 0 Å². The molecule has 1 rings (SSSR count). The standard InChI is InChI=1S/C16H26ClNO/c1-4-6-10-18(11-7-5-2)16-9-8-14(13(3)19)12-15(16)17/h8-9,12-13,19H,4-7,10-11H2,1-3H3/t13-/m1/s1. The first-order valence-electron chi connectivity index (χ1n) is 7.32. The quantitative estimate of drug-likeness (QED) is 0.741. The highest BCUT2D eigenvalue weighted by atomic mass is 35.5. The highest BCUT2D eigenvalue weighted by molar-refractivity contribution is 6.33. The van der Waals surface area contributed by atoms with E-state index in [0.29, 0.717) is 0 Å². The maximum Gasteiger partial charge on any atom is 0.0762 e.